The van der Waals surface area contributed by atoms with Crippen molar-refractivity contribution in [3.63, 3.8) is 0 Å². The summed E-state index contributed by atoms with van der Waals surface area (Å²) in [4.78, 5) is 2.02. The van der Waals surface area contributed by atoms with Crippen LogP contribution in [0.25, 0.3) is 0 Å². The molecule has 2 fully saturated rings. The Morgan fingerprint density at radius 1 is 1.60 bits per heavy atom. The predicted octanol–water partition coefficient (Wildman–Crippen LogP) is -0.0127. The van der Waals surface area contributed by atoms with Gasteiger partial charge in [-0.3, -0.25) is 0 Å². The van der Waals surface area contributed by atoms with Gasteiger partial charge in [0.1, 0.15) is 6.17 Å². The molecular formula is C7H13FN2. The van der Waals surface area contributed by atoms with Gasteiger partial charge in [0.2, 0.25) is 0 Å². The van der Waals surface area contributed by atoms with Crippen molar-refractivity contribution in [1.29, 1.82) is 0 Å². The average Bonchev–Trinajstić information content (AvgIpc) is 2.42. The third-order valence-corrected chi connectivity index (χ3v) is 2.79. The number of nitrogens with two attached hydrogens (primary N) is 1. The number of alkyl halides is 1. The molecule has 0 aromatic carbocycles. The molecule has 0 unspecified atom stereocenters. The van der Waals surface area contributed by atoms with E-state index in [-0.39, 0.29) is 0 Å². The maximum Gasteiger partial charge on any atom is 0.131 e. The van der Waals surface area contributed by atoms with Crippen LogP contribution in [0.4, 0.5) is 4.39 Å². The van der Waals surface area contributed by atoms with Crippen LogP contribution in [0.2, 0.25) is 0 Å². The van der Waals surface area contributed by atoms with E-state index in [1.807, 2.05) is 11.9 Å². The summed E-state index contributed by atoms with van der Waals surface area (Å²) in [6, 6.07) is 0. The second kappa shape index (κ2) is 1.71. The summed E-state index contributed by atoms with van der Waals surface area (Å²) < 4.78 is 13.1. The van der Waals surface area contributed by atoms with E-state index in [0.717, 1.165) is 13.0 Å². The molecule has 0 radical (unpaired) electrons. The van der Waals surface area contributed by atoms with Crippen LogP contribution in [0.15, 0.2) is 0 Å². The van der Waals surface area contributed by atoms with Crippen LogP contribution in [-0.2, 0) is 0 Å². The summed E-state index contributed by atoms with van der Waals surface area (Å²) in [5, 5.41) is 0. The number of likely N-dealkylation sites (tertiary alicyclic amines) is 1. The van der Waals surface area contributed by atoms with E-state index in [9.17, 15) is 4.39 Å². The lowest BCUT2D eigenvalue weighted by molar-refractivity contribution is 0.134. The summed E-state index contributed by atoms with van der Waals surface area (Å²) in [5.74, 6) is 0.432. The molecule has 2 rings (SSSR count). The molecule has 0 spiro atoms. The van der Waals surface area contributed by atoms with Crippen molar-refractivity contribution < 1.29 is 4.39 Å². The fourth-order valence-electron chi connectivity index (χ4n) is 1.88. The van der Waals surface area contributed by atoms with Crippen LogP contribution in [0.5, 0.6) is 0 Å². The van der Waals surface area contributed by atoms with Crippen LogP contribution in [0.3, 0.4) is 0 Å². The van der Waals surface area contributed by atoms with Gasteiger partial charge in [0, 0.05) is 13.1 Å². The Bertz CT molecular complexity index is 162. The average molecular weight is 144 g/mol. The SMILES string of the molecule is CN1C[C@H]2C[C@@]2(N)[C@@H](F)C1. The molecule has 3 heteroatoms. The first-order valence-corrected chi connectivity index (χ1v) is 3.74. The molecule has 0 amide bonds. The van der Waals surface area contributed by atoms with Crippen molar-refractivity contribution in [3.05, 3.63) is 0 Å². The van der Waals surface area contributed by atoms with Crippen molar-refractivity contribution in [2.24, 2.45) is 11.7 Å². The number of nitrogens with zero attached hydrogens (tertiary/aromatic N) is 1. The van der Waals surface area contributed by atoms with E-state index < -0.39 is 11.7 Å². The van der Waals surface area contributed by atoms with E-state index in [2.05, 4.69) is 0 Å². The molecule has 2 nitrogen and oxygen atoms in total. The highest BCUT2D eigenvalue weighted by Gasteiger charge is 2.59. The Morgan fingerprint density at radius 2 is 2.30 bits per heavy atom. The molecular weight excluding hydrogens is 131 g/mol. The van der Waals surface area contributed by atoms with Crippen molar-refractivity contribution in [1.82, 2.24) is 4.90 Å². The number of rotatable bonds is 0. The summed E-state index contributed by atoms with van der Waals surface area (Å²) >= 11 is 0. The molecule has 0 aromatic heterocycles. The molecule has 1 heterocycles. The Morgan fingerprint density at radius 3 is 2.90 bits per heavy atom. The van der Waals surface area contributed by atoms with Gasteiger partial charge in [-0.2, -0.15) is 0 Å². The molecule has 1 aliphatic heterocycles. The molecule has 3 atom stereocenters. The van der Waals surface area contributed by atoms with Crippen LogP contribution < -0.4 is 5.73 Å². The highest BCUT2D eigenvalue weighted by Crippen LogP contribution is 2.48. The third-order valence-electron chi connectivity index (χ3n) is 2.79. The monoisotopic (exact) mass is 144 g/mol. The highest BCUT2D eigenvalue weighted by atomic mass is 19.1. The zero-order chi connectivity index (χ0) is 7.35. The van der Waals surface area contributed by atoms with Gasteiger partial charge in [-0.15, -0.1) is 0 Å². The van der Waals surface area contributed by atoms with Crippen molar-refractivity contribution in [3.8, 4) is 0 Å². The second-order valence-electron chi connectivity index (χ2n) is 3.70. The molecule has 10 heavy (non-hydrogen) atoms. The van der Waals surface area contributed by atoms with Crippen LogP contribution >= 0.6 is 0 Å². The topological polar surface area (TPSA) is 29.3 Å². The lowest BCUT2D eigenvalue weighted by Crippen LogP contribution is -2.49. The Balaban J connectivity index is 2.09. The van der Waals surface area contributed by atoms with E-state index in [0.29, 0.717) is 12.5 Å². The minimum absolute atomic E-state index is 0.424. The Hall–Kier alpha value is -0.150. The minimum Gasteiger partial charge on any atom is -0.322 e. The Kier molecular flexibility index (Phi) is 1.12. The lowest BCUT2D eigenvalue weighted by atomic mass is 10.0. The van der Waals surface area contributed by atoms with Crippen LogP contribution in [0.1, 0.15) is 6.42 Å². The minimum atomic E-state index is -0.795. The van der Waals surface area contributed by atoms with Crippen molar-refractivity contribution in [2.75, 3.05) is 20.1 Å². The first kappa shape index (κ1) is 6.55. The predicted molar refractivity (Wildman–Crippen MR) is 37.4 cm³/mol. The second-order valence-corrected chi connectivity index (χ2v) is 3.70. The summed E-state index contributed by atoms with van der Waals surface area (Å²) in [5.41, 5.74) is 5.33. The van der Waals surface area contributed by atoms with Gasteiger partial charge < -0.3 is 10.6 Å². The van der Waals surface area contributed by atoms with Gasteiger partial charge in [-0.1, -0.05) is 0 Å². The fourth-order valence-corrected chi connectivity index (χ4v) is 1.88. The maximum atomic E-state index is 13.1. The number of fused-ring (bicyclic) bond motifs is 1. The smallest absolute Gasteiger partial charge is 0.131 e. The van der Waals surface area contributed by atoms with Crippen LogP contribution in [0, 0.1) is 5.92 Å². The first-order valence-electron chi connectivity index (χ1n) is 3.74. The number of piperidine rings is 1. The number of hydrogen-bond acceptors (Lipinski definition) is 2. The normalized spacial score (nSPS) is 54.3. The van der Waals surface area contributed by atoms with Gasteiger partial charge in [-0.05, 0) is 19.4 Å². The largest absolute Gasteiger partial charge is 0.322 e. The third kappa shape index (κ3) is 0.705. The van der Waals surface area contributed by atoms with Gasteiger partial charge in [0.25, 0.3) is 0 Å². The van der Waals surface area contributed by atoms with Gasteiger partial charge in [0.15, 0.2) is 0 Å². The van der Waals surface area contributed by atoms with Crippen molar-refractivity contribution in [2.45, 2.75) is 18.1 Å². The van der Waals surface area contributed by atoms with Gasteiger partial charge in [-0.25, -0.2) is 4.39 Å². The zero-order valence-electron chi connectivity index (χ0n) is 6.18. The molecule has 1 saturated carbocycles. The fraction of sp³-hybridized carbons (Fsp3) is 1.00. The zero-order valence-corrected chi connectivity index (χ0v) is 6.18. The quantitative estimate of drug-likeness (QED) is 0.518. The summed E-state index contributed by atoms with van der Waals surface area (Å²) in [6.07, 6.45) is 0.0923. The molecule has 58 valence electrons. The van der Waals surface area contributed by atoms with E-state index in [4.69, 9.17) is 5.73 Å². The molecule has 0 bridgehead atoms. The number of halogens is 1. The van der Waals surface area contributed by atoms with Gasteiger partial charge in [0.05, 0.1) is 5.54 Å². The van der Waals surface area contributed by atoms with E-state index in [1.165, 1.54) is 0 Å². The molecule has 2 aliphatic rings. The lowest BCUT2D eigenvalue weighted by Gasteiger charge is -2.29. The van der Waals surface area contributed by atoms with E-state index >= 15 is 0 Å². The molecule has 0 aromatic rings. The maximum absolute atomic E-state index is 13.1. The Labute approximate surface area is 60.2 Å². The standard InChI is InChI=1S/C7H13FN2/c1-10-3-5-2-7(5,9)6(8)4-10/h5-6H,2-4,9H2,1H3/t5-,6+,7+/m1/s1. The summed E-state index contributed by atoms with van der Waals surface area (Å²) in [6.45, 7) is 1.50. The molecule has 1 aliphatic carbocycles. The first-order chi connectivity index (χ1) is 4.63. The summed E-state index contributed by atoms with van der Waals surface area (Å²) in [7, 11) is 1.95. The number of hydrogen-bond donors (Lipinski definition) is 1. The van der Waals surface area contributed by atoms with Gasteiger partial charge >= 0.3 is 0 Å². The van der Waals surface area contributed by atoms with Crippen LogP contribution in [-0.4, -0.2) is 36.7 Å². The molecule has 1 saturated heterocycles. The highest BCUT2D eigenvalue weighted by molar-refractivity contribution is 5.16. The van der Waals surface area contributed by atoms with E-state index in [1.54, 1.807) is 0 Å². The molecule has 2 N–H and O–H groups in total. The van der Waals surface area contributed by atoms with Crippen molar-refractivity contribution >= 4 is 0 Å².